The highest BCUT2D eigenvalue weighted by Gasteiger charge is 2.66. The van der Waals surface area contributed by atoms with E-state index in [2.05, 4.69) is 0 Å². The van der Waals surface area contributed by atoms with E-state index in [9.17, 15) is 39.5 Å². The van der Waals surface area contributed by atoms with Crippen LogP contribution in [-0.2, 0) is 0 Å². The van der Waals surface area contributed by atoms with Gasteiger partial charge in [-0.2, -0.15) is 22.0 Å². The summed E-state index contributed by atoms with van der Waals surface area (Å²) in [4.78, 5) is 0. The molecule has 1 unspecified atom stereocenters. The minimum atomic E-state index is -6.10. The van der Waals surface area contributed by atoms with Gasteiger partial charge in [0.2, 0.25) is 6.17 Å². The van der Waals surface area contributed by atoms with Gasteiger partial charge in [-0.1, -0.05) is 6.92 Å². The Morgan fingerprint density at radius 2 is 1.19 bits per heavy atom. The molecule has 0 aliphatic rings. The second-order valence-corrected chi connectivity index (χ2v) is 3.06. The van der Waals surface area contributed by atoms with Crippen molar-refractivity contribution >= 4 is 0 Å². The van der Waals surface area contributed by atoms with Gasteiger partial charge in [0.15, 0.2) is 0 Å². The minimum Gasteiger partial charge on any atom is -0.234 e. The smallest absolute Gasteiger partial charge is 0.234 e. The predicted molar refractivity (Wildman–Crippen MR) is 36.0 cm³/mol. The number of alkyl halides is 9. The first-order valence-electron chi connectivity index (χ1n) is 3.97. The van der Waals surface area contributed by atoms with Crippen LogP contribution < -0.4 is 0 Å². The van der Waals surface area contributed by atoms with E-state index in [1.54, 1.807) is 0 Å². The molecule has 0 aromatic carbocycles. The molecule has 0 saturated carbocycles. The van der Waals surface area contributed by atoms with Crippen molar-refractivity contribution in [1.29, 1.82) is 0 Å². The fourth-order valence-electron chi connectivity index (χ4n) is 0.807. The van der Waals surface area contributed by atoms with Crippen LogP contribution in [0.5, 0.6) is 0 Å². The van der Waals surface area contributed by atoms with Crippen molar-refractivity contribution in [2.75, 3.05) is 0 Å². The molecule has 0 saturated heterocycles. The van der Waals surface area contributed by atoms with Crippen LogP contribution in [-0.4, -0.2) is 30.4 Å². The summed E-state index contributed by atoms with van der Waals surface area (Å²) in [5, 5.41) is 0. The summed E-state index contributed by atoms with van der Waals surface area (Å²) in [7, 11) is 0. The molecule has 16 heavy (non-hydrogen) atoms. The van der Waals surface area contributed by atoms with E-state index >= 15 is 0 Å². The van der Waals surface area contributed by atoms with Gasteiger partial charge in [0.05, 0.1) is 0 Å². The number of hydrogen-bond donors (Lipinski definition) is 0. The van der Waals surface area contributed by atoms with Gasteiger partial charge in [0, 0.05) is 6.42 Å². The predicted octanol–water partition coefficient (Wildman–Crippen LogP) is 3.91. The van der Waals surface area contributed by atoms with Crippen molar-refractivity contribution in [2.24, 2.45) is 0 Å². The molecule has 9 heteroatoms. The third kappa shape index (κ3) is 2.94. The van der Waals surface area contributed by atoms with Gasteiger partial charge in [-0.05, 0) is 0 Å². The summed E-state index contributed by atoms with van der Waals surface area (Å²) in [6.45, 7) is 0.587. The average Bonchev–Trinajstić information content (AvgIpc) is 2.13. The Morgan fingerprint density at radius 1 is 0.812 bits per heavy atom. The summed E-state index contributed by atoms with van der Waals surface area (Å²) >= 11 is 0. The molecule has 0 aromatic heterocycles. The maximum atomic E-state index is 12.5. The molecule has 0 heterocycles. The molecule has 0 bridgehead atoms. The lowest BCUT2D eigenvalue weighted by atomic mass is 10.0. The summed E-state index contributed by atoms with van der Waals surface area (Å²) in [5.74, 6) is -10.5. The molecule has 0 radical (unpaired) electrons. The minimum absolute atomic E-state index is 0.587. The summed E-state index contributed by atoms with van der Waals surface area (Å²) < 4.78 is 109. The van der Waals surface area contributed by atoms with Crippen molar-refractivity contribution in [3.8, 4) is 0 Å². The molecule has 2 atom stereocenters. The van der Waals surface area contributed by atoms with Gasteiger partial charge < -0.3 is 0 Å². The Labute approximate surface area is 84.4 Å². The molecule has 0 nitrogen and oxygen atoms in total. The first-order chi connectivity index (χ1) is 6.87. The van der Waals surface area contributed by atoms with Crippen LogP contribution in [0.1, 0.15) is 13.3 Å². The van der Waals surface area contributed by atoms with E-state index in [0.29, 0.717) is 6.92 Å². The van der Waals surface area contributed by atoms with Crippen LogP contribution in [0.25, 0.3) is 0 Å². The van der Waals surface area contributed by atoms with Gasteiger partial charge in [0.25, 0.3) is 12.1 Å². The Morgan fingerprint density at radius 3 is 1.44 bits per heavy atom. The van der Waals surface area contributed by atoms with E-state index in [1.165, 1.54) is 0 Å². The van der Waals surface area contributed by atoms with Crippen molar-refractivity contribution in [1.82, 2.24) is 0 Å². The zero-order valence-corrected chi connectivity index (χ0v) is 7.76. The van der Waals surface area contributed by atoms with Crippen LogP contribution >= 0.6 is 0 Å². The lowest BCUT2D eigenvalue weighted by molar-refractivity contribution is -0.282. The lowest BCUT2D eigenvalue weighted by Crippen LogP contribution is -2.54. The normalized spacial score (nSPS) is 18.4. The molecule has 98 valence electrons. The van der Waals surface area contributed by atoms with Crippen LogP contribution in [0.15, 0.2) is 0 Å². The molecule has 0 fully saturated rings. The molecule has 0 amide bonds. The molecule has 0 N–H and O–H groups in total. The van der Waals surface area contributed by atoms with E-state index in [4.69, 9.17) is 0 Å². The maximum Gasteiger partial charge on any atom is 0.425 e. The molecular weight excluding hydrogens is 255 g/mol. The van der Waals surface area contributed by atoms with Crippen LogP contribution in [0.2, 0.25) is 0 Å². The molecular formula is C7H7F9. The molecule has 0 aliphatic carbocycles. The van der Waals surface area contributed by atoms with Gasteiger partial charge in [0.1, 0.15) is 0 Å². The molecule has 0 aromatic rings. The van der Waals surface area contributed by atoms with Gasteiger partial charge in [-0.15, -0.1) is 0 Å². The highest BCUT2D eigenvalue weighted by molar-refractivity contribution is 4.95. The number of halogens is 9. The molecule has 0 aliphatic heterocycles. The van der Waals surface area contributed by atoms with Gasteiger partial charge >= 0.3 is 12.1 Å². The number of hydrogen-bond acceptors (Lipinski definition) is 0. The summed E-state index contributed by atoms with van der Waals surface area (Å²) in [5.41, 5.74) is 0. The van der Waals surface area contributed by atoms with Crippen molar-refractivity contribution in [2.45, 2.75) is 43.7 Å². The van der Waals surface area contributed by atoms with Crippen molar-refractivity contribution in [3.63, 3.8) is 0 Å². The zero-order chi connectivity index (χ0) is 13.4. The first-order valence-corrected chi connectivity index (χ1v) is 3.97. The largest absolute Gasteiger partial charge is 0.425 e. The van der Waals surface area contributed by atoms with E-state index in [0.717, 1.165) is 0 Å². The quantitative estimate of drug-likeness (QED) is 0.674. The Hall–Kier alpha value is -0.630. The van der Waals surface area contributed by atoms with Crippen LogP contribution in [0.4, 0.5) is 39.5 Å². The second-order valence-electron chi connectivity index (χ2n) is 3.06. The zero-order valence-electron chi connectivity index (χ0n) is 7.76. The SMILES string of the molecule is CCC(F)(F)C(F)C(F)(F)[C@H](F)C(F)(F)F. The maximum absolute atomic E-state index is 12.5. The first kappa shape index (κ1) is 15.4. The van der Waals surface area contributed by atoms with E-state index < -0.39 is 36.8 Å². The van der Waals surface area contributed by atoms with E-state index in [1.807, 2.05) is 0 Å². The molecule has 0 spiro atoms. The lowest BCUT2D eigenvalue weighted by Gasteiger charge is -2.29. The van der Waals surface area contributed by atoms with Crippen LogP contribution in [0.3, 0.4) is 0 Å². The average molecular weight is 262 g/mol. The highest BCUT2D eigenvalue weighted by atomic mass is 19.4. The molecule has 0 rings (SSSR count). The second kappa shape index (κ2) is 4.33. The van der Waals surface area contributed by atoms with E-state index in [-0.39, 0.29) is 0 Å². The Balaban J connectivity index is 5.06. The fourth-order valence-corrected chi connectivity index (χ4v) is 0.807. The topological polar surface area (TPSA) is 0 Å². The third-order valence-electron chi connectivity index (χ3n) is 1.81. The Bertz CT molecular complexity index is 231. The van der Waals surface area contributed by atoms with Crippen molar-refractivity contribution < 1.29 is 39.5 Å². The third-order valence-corrected chi connectivity index (χ3v) is 1.81. The van der Waals surface area contributed by atoms with Crippen molar-refractivity contribution in [3.05, 3.63) is 0 Å². The van der Waals surface area contributed by atoms with Crippen LogP contribution in [0, 0.1) is 0 Å². The Kier molecular flexibility index (Phi) is 4.15. The standard InChI is InChI=1S/C7H7F9/c1-2-5(10,11)3(8)6(12,13)4(9)7(14,15)16/h3-4H,2H2,1H3/t3?,4-/m0/s1. The van der Waals surface area contributed by atoms with Gasteiger partial charge in [-0.3, -0.25) is 0 Å². The summed E-state index contributed by atoms with van der Waals surface area (Å²) in [6.07, 6.45) is -17.1. The monoisotopic (exact) mass is 262 g/mol. The van der Waals surface area contributed by atoms with Gasteiger partial charge in [-0.25, -0.2) is 17.6 Å². The fraction of sp³-hybridized carbons (Fsp3) is 1.00. The summed E-state index contributed by atoms with van der Waals surface area (Å²) in [6, 6.07) is 0. The number of rotatable bonds is 4. The highest BCUT2D eigenvalue weighted by Crippen LogP contribution is 2.43.